The maximum Gasteiger partial charge on any atom is 0.222 e. The molecule has 3 nitrogen and oxygen atoms in total. The van der Waals surface area contributed by atoms with Crippen LogP contribution in [0.4, 0.5) is 0 Å². The normalized spacial score (nSPS) is 23.2. The lowest BCUT2D eigenvalue weighted by atomic mass is 9.80. The molecule has 0 aliphatic carbocycles. The number of carbonyl (C=O) groups is 1. The molecule has 1 aliphatic rings. The highest BCUT2D eigenvalue weighted by molar-refractivity contribution is 5.78. The van der Waals surface area contributed by atoms with E-state index in [1.54, 1.807) is 0 Å². The molecule has 0 radical (unpaired) electrons. The van der Waals surface area contributed by atoms with Crippen molar-refractivity contribution >= 4 is 5.91 Å². The van der Waals surface area contributed by atoms with Crippen molar-refractivity contribution in [1.82, 2.24) is 10.2 Å². The molecule has 3 heteroatoms. The molecule has 1 aliphatic heterocycles. The highest BCUT2D eigenvalue weighted by Crippen LogP contribution is 2.34. The molecule has 0 saturated carbocycles. The first kappa shape index (κ1) is 14.5. The van der Waals surface area contributed by atoms with Crippen LogP contribution in [0.2, 0.25) is 0 Å². The molecule has 0 aromatic rings. The first-order valence-electron chi connectivity index (χ1n) is 6.79. The van der Waals surface area contributed by atoms with E-state index in [9.17, 15) is 4.79 Å². The van der Waals surface area contributed by atoms with Gasteiger partial charge in [-0.3, -0.25) is 4.79 Å². The Labute approximate surface area is 106 Å². The Morgan fingerprint density at radius 2 is 2.12 bits per heavy atom. The second-order valence-electron chi connectivity index (χ2n) is 6.44. The molecule has 1 heterocycles. The van der Waals surface area contributed by atoms with Crippen LogP contribution in [0.25, 0.3) is 0 Å². The third kappa shape index (κ3) is 4.30. The van der Waals surface area contributed by atoms with Crippen molar-refractivity contribution < 1.29 is 4.79 Å². The van der Waals surface area contributed by atoms with E-state index in [-0.39, 0.29) is 5.41 Å². The number of amides is 1. The molecule has 2 unspecified atom stereocenters. The molecule has 1 N–H and O–H groups in total. The lowest BCUT2D eigenvalue weighted by Crippen LogP contribution is -2.30. The van der Waals surface area contributed by atoms with Gasteiger partial charge in [0.05, 0.1) is 0 Å². The lowest BCUT2D eigenvalue weighted by molar-refractivity contribution is -0.127. The van der Waals surface area contributed by atoms with Gasteiger partial charge in [-0.15, -0.1) is 0 Å². The summed E-state index contributed by atoms with van der Waals surface area (Å²) in [6, 6.07) is 0.547. The van der Waals surface area contributed by atoms with Crippen LogP contribution in [0.1, 0.15) is 47.0 Å². The van der Waals surface area contributed by atoms with Crippen LogP contribution >= 0.6 is 0 Å². The minimum Gasteiger partial charge on any atom is -0.342 e. The Kier molecular flexibility index (Phi) is 4.99. The number of hydrogen-bond acceptors (Lipinski definition) is 2. The highest BCUT2D eigenvalue weighted by atomic mass is 16.2. The van der Waals surface area contributed by atoms with Gasteiger partial charge in [-0.1, -0.05) is 20.8 Å². The molecule has 100 valence electrons. The molecular weight excluding hydrogens is 212 g/mol. The van der Waals surface area contributed by atoms with Gasteiger partial charge in [0.2, 0.25) is 5.91 Å². The minimum atomic E-state index is 0.253. The number of nitrogens with zero attached hydrogens (tertiary/aromatic N) is 1. The summed E-state index contributed by atoms with van der Waals surface area (Å²) in [6.07, 6.45) is 2.98. The van der Waals surface area contributed by atoms with Crippen molar-refractivity contribution in [1.29, 1.82) is 0 Å². The van der Waals surface area contributed by atoms with E-state index in [0.717, 1.165) is 32.4 Å². The second kappa shape index (κ2) is 5.85. The molecule has 0 spiro atoms. The van der Waals surface area contributed by atoms with E-state index in [1.165, 1.54) is 0 Å². The first-order chi connectivity index (χ1) is 7.84. The van der Waals surface area contributed by atoms with Gasteiger partial charge in [0.15, 0.2) is 0 Å². The van der Waals surface area contributed by atoms with Crippen molar-refractivity contribution in [2.24, 2.45) is 11.3 Å². The fourth-order valence-electron chi connectivity index (χ4n) is 2.30. The minimum absolute atomic E-state index is 0.253. The SMILES string of the molecule is CNC(C)CCCN1CC(C(C)(C)C)CC1=O. The third-order valence-electron chi connectivity index (χ3n) is 4.00. The van der Waals surface area contributed by atoms with E-state index < -0.39 is 0 Å². The zero-order chi connectivity index (χ0) is 13.1. The average Bonchev–Trinajstić information content (AvgIpc) is 2.60. The molecule has 0 aromatic heterocycles. The predicted octanol–water partition coefficient (Wildman–Crippen LogP) is 2.27. The zero-order valence-electron chi connectivity index (χ0n) is 12.0. The number of carbonyl (C=O) groups excluding carboxylic acids is 1. The Morgan fingerprint density at radius 1 is 1.47 bits per heavy atom. The van der Waals surface area contributed by atoms with Crippen molar-refractivity contribution in [3.63, 3.8) is 0 Å². The van der Waals surface area contributed by atoms with Crippen LogP contribution in [0.5, 0.6) is 0 Å². The second-order valence-corrected chi connectivity index (χ2v) is 6.44. The van der Waals surface area contributed by atoms with Crippen LogP contribution in [0, 0.1) is 11.3 Å². The van der Waals surface area contributed by atoms with Gasteiger partial charge >= 0.3 is 0 Å². The van der Waals surface area contributed by atoms with Gasteiger partial charge in [0.25, 0.3) is 0 Å². The Hall–Kier alpha value is -0.570. The van der Waals surface area contributed by atoms with Crippen molar-refractivity contribution in [2.45, 2.75) is 53.0 Å². The lowest BCUT2D eigenvalue weighted by Gasteiger charge is -2.26. The first-order valence-corrected chi connectivity index (χ1v) is 6.79. The average molecular weight is 240 g/mol. The van der Waals surface area contributed by atoms with Crippen molar-refractivity contribution in [3.05, 3.63) is 0 Å². The number of hydrogen-bond donors (Lipinski definition) is 1. The van der Waals surface area contributed by atoms with Gasteiger partial charge in [0, 0.05) is 25.6 Å². The number of nitrogens with one attached hydrogen (secondary N) is 1. The fraction of sp³-hybridized carbons (Fsp3) is 0.929. The maximum atomic E-state index is 11.9. The molecule has 1 rings (SSSR count). The number of rotatable bonds is 5. The number of likely N-dealkylation sites (tertiary alicyclic amines) is 1. The quantitative estimate of drug-likeness (QED) is 0.799. The van der Waals surface area contributed by atoms with E-state index >= 15 is 0 Å². The summed E-state index contributed by atoms with van der Waals surface area (Å²) < 4.78 is 0. The molecule has 0 bridgehead atoms. The fourth-order valence-corrected chi connectivity index (χ4v) is 2.30. The Morgan fingerprint density at radius 3 is 2.59 bits per heavy atom. The van der Waals surface area contributed by atoms with Crippen molar-refractivity contribution in [3.8, 4) is 0 Å². The molecule has 17 heavy (non-hydrogen) atoms. The summed E-state index contributed by atoms with van der Waals surface area (Å²) in [5, 5.41) is 3.23. The zero-order valence-corrected chi connectivity index (χ0v) is 12.0. The summed E-state index contributed by atoms with van der Waals surface area (Å²) in [5.74, 6) is 0.874. The van der Waals surface area contributed by atoms with E-state index in [1.807, 2.05) is 7.05 Å². The van der Waals surface area contributed by atoms with Crippen LogP contribution in [-0.2, 0) is 4.79 Å². The van der Waals surface area contributed by atoms with Crippen LogP contribution in [0.15, 0.2) is 0 Å². The molecular formula is C14H28N2O. The maximum absolute atomic E-state index is 11.9. The smallest absolute Gasteiger partial charge is 0.222 e. The Bertz CT molecular complexity index is 257. The summed E-state index contributed by atoms with van der Waals surface area (Å²) in [7, 11) is 1.99. The topological polar surface area (TPSA) is 32.3 Å². The van der Waals surface area contributed by atoms with Gasteiger partial charge in [-0.05, 0) is 38.1 Å². The predicted molar refractivity (Wildman–Crippen MR) is 71.9 cm³/mol. The van der Waals surface area contributed by atoms with Crippen LogP contribution in [0.3, 0.4) is 0 Å². The van der Waals surface area contributed by atoms with Gasteiger partial charge < -0.3 is 10.2 Å². The van der Waals surface area contributed by atoms with Gasteiger partial charge in [0.1, 0.15) is 0 Å². The van der Waals surface area contributed by atoms with E-state index in [0.29, 0.717) is 17.9 Å². The molecule has 1 amide bonds. The van der Waals surface area contributed by atoms with Gasteiger partial charge in [-0.25, -0.2) is 0 Å². The summed E-state index contributed by atoms with van der Waals surface area (Å²) in [4.78, 5) is 13.9. The van der Waals surface area contributed by atoms with E-state index in [2.05, 4.69) is 37.9 Å². The van der Waals surface area contributed by atoms with Gasteiger partial charge in [-0.2, -0.15) is 0 Å². The van der Waals surface area contributed by atoms with Crippen molar-refractivity contribution in [2.75, 3.05) is 20.1 Å². The summed E-state index contributed by atoms with van der Waals surface area (Å²) in [5.41, 5.74) is 0.253. The Balaban J connectivity index is 2.34. The third-order valence-corrected chi connectivity index (χ3v) is 4.00. The molecule has 1 saturated heterocycles. The largest absolute Gasteiger partial charge is 0.342 e. The standard InChI is InChI=1S/C14H28N2O/c1-11(15-5)7-6-8-16-10-12(9-13(16)17)14(2,3)4/h11-12,15H,6-10H2,1-5H3. The highest BCUT2D eigenvalue weighted by Gasteiger charge is 2.36. The molecule has 2 atom stereocenters. The monoisotopic (exact) mass is 240 g/mol. The van der Waals surface area contributed by atoms with Crippen LogP contribution < -0.4 is 5.32 Å². The molecule has 0 aromatic carbocycles. The van der Waals surface area contributed by atoms with Crippen LogP contribution in [-0.4, -0.2) is 37.0 Å². The summed E-state index contributed by atoms with van der Waals surface area (Å²) >= 11 is 0. The summed E-state index contributed by atoms with van der Waals surface area (Å²) in [6.45, 7) is 10.8. The van der Waals surface area contributed by atoms with E-state index in [4.69, 9.17) is 0 Å². The molecule has 1 fully saturated rings.